The predicted molar refractivity (Wildman–Crippen MR) is 230 cm³/mol. The second kappa shape index (κ2) is 22.2. The minimum absolute atomic E-state index is 0.000921. The second-order valence-electron chi connectivity index (χ2n) is 14.2. The van der Waals surface area contributed by atoms with Crippen molar-refractivity contribution in [1.82, 2.24) is 29.9 Å². The van der Waals surface area contributed by atoms with Gasteiger partial charge in [-0.2, -0.15) is 51.3 Å². The van der Waals surface area contributed by atoms with E-state index in [1.54, 1.807) is 52.0 Å². The molecule has 0 aliphatic rings. The van der Waals surface area contributed by atoms with Gasteiger partial charge in [0, 0.05) is 27.2 Å². The zero-order valence-electron chi connectivity index (χ0n) is 34.8. The van der Waals surface area contributed by atoms with Gasteiger partial charge < -0.3 is 29.7 Å². The molecular formula is C42H40BCl3F6N6O6. The Labute approximate surface area is 379 Å². The molecule has 0 radical (unpaired) electrons. The minimum Gasteiger partial charge on any atom is -0.467 e. The number of hydrogen-bond acceptors (Lipinski definition) is 12. The molecule has 64 heavy (non-hydrogen) atoms. The van der Waals surface area contributed by atoms with Crippen LogP contribution in [0.5, 0.6) is 12.0 Å². The summed E-state index contributed by atoms with van der Waals surface area (Å²) in [6.07, 6.45) is -8.87. The molecule has 22 heteroatoms. The van der Waals surface area contributed by atoms with Gasteiger partial charge in [-0.3, -0.25) is 0 Å². The minimum atomic E-state index is -4.46. The maximum absolute atomic E-state index is 13.4. The first-order chi connectivity index (χ1) is 30.0. The van der Waals surface area contributed by atoms with Gasteiger partial charge in [0.1, 0.15) is 0 Å². The number of aromatic nitrogens is 6. The van der Waals surface area contributed by atoms with Crippen LogP contribution in [0.4, 0.5) is 26.3 Å². The van der Waals surface area contributed by atoms with Crippen LogP contribution in [-0.2, 0) is 25.6 Å². The molecule has 2 heterocycles. The SMILES string of the molecule is COc1nc(-c2ccc(C(F)(F)F)c(C(C)C)c2)nc(-c2cc(CO)ccc2Cl)n1.COc1nc(Cl)nc(-c2ccc(C(F)(F)F)c(C(C)C)c2)n1.OCc1ccc(Cl)c(B(O)O)c1. The average Bonchev–Trinajstić information content (AvgIpc) is 3.25. The summed E-state index contributed by atoms with van der Waals surface area (Å²) in [5, 5.41) is 36.3. The van der Waals surface area contributed by atoms with E-state index in [0.29, 0.717) is 32.8 Å². The Morgan fingerprint density at radius 2 is 1.00 bits per heavy atom. The van der Waals surface area contributed by atoms with E-state index >= 15 is 0 Å². The van der Waals surface area contributed by atoms with Crippen molar-refractivity contribution in [3.63, 3.8) is 0 Å². The molecule has 340 valence electrons. The van der Waals surface area contributed by atoms with E-state index in [4.69, 9.17) is 59.4 Å². The summed E-state index contributed by atoms with van der Waals surface area (Å²) in [4.78, 5) is 24.5. The highest BCUT2D eigenvalue weighted by atomic mass is 35.5. The Kier molecular flexibility index (Phi) is 17.8. The van der Waals surface area contributed by atoms with Crippen LogP contribution in [0, 0.1) is 0 Å². The lowest BCUT2D eigenvalue weighted by Gasteiger charge is -2.17. The van der Waals surface area contributed by atoms with Crippen molar-refractivity contribution in [2.75, 3.05) is 14.2 Å². The van der Waals surface area contributed by atoms with E-state index in [0.717, 1.165) is 12.1 Å². The van der Waals surface area contributed by atoms with Gasteiger partial charge in [0.05, 0.1) is 43.6 Å². The Morgan fingerprint density at radius 1 is 0.562 bits per heavy atom. The lowest BCUT2D eigenvalue weighted by atomic mass is 9.79. The summed E-state index contributed by atoms with van der Waals surface area (Å²) in [6, 6.07) is 17.0. The molecule has 0 spiro atoms. The topological polar surface area (TPSA) is 177 Å². The van der Waals surface area contributed by atoms with E-state index in [-0.39, 0.29) is 81.4 Å². The lowest BCUT2D eigenvalue weighted by Crippen LogP contribution is -2.31. The van der Waals surface area contributed by atoms with Crippen LogP contribution in [-0.4, -0.2) is 71.5 Å². The molecule has 0 saturated heterocycles. The first-order valence-corrected chi connectivity index (χ1v) is 20.0. The number of aliphatic hydroxyl groups excluding tert-OH is 2. The molecule has 4 N–H and O–H groups in total. The molecule has 6 aromatic rings. The summed E-state index contributed by atoms with van der Waals surface area (Å²) >= 11 is 17.7. The number of hydrogen-bond donors (Lipinski definition) is 4. The molecule has 0 aliphatic heterocycles. The van der Waals surface area contributed by atoms with E-state index in [1.807, 2.05) is 0 Å². The van der Waals surface area contributed by atoms with Gasteiger partial charge in [-0.1, -0.05) is 81.2 Å². The summed E-state index contributed by atoms with van der Waals surface area (Å²) < 4.78 is 89.3. The Hall–Kier alpha value is -5.15. The van der Waals surface area contributed by atoms with E-state index < -0.39 is 30.6 Å². The maximum Gasteiger partial charge on any atom is 0.489 e. The molecular weight excluding hydrogens is 916 g/mol. The molecule has 0 atom stereocenters. The van der Waals surface area contributed by atoms with E-state index in [1.165, 1.54) is 50.6 Å². The molecule has 4 aromatic carbocycles. The number of alkyl halides is 6. The van der Waals surface area contributed by atoms with Crippen molar-refractivity contribution in [2.24, 2.45) is 0 Å². The van der Waals surface area contributed by atoms with Crippen LogP contribution in [0.2, 0.25) is 15.3 Å². The van der Waals surface area contributed by atoms with E-state index in [9.17, 15) is 31.4 Å². The zero-order chi connectivity index (χ0) is 47.7. The van der Waals surface area contributed by atoms with Gasteiger partial charge >= 0.3 is 31.5 Å². The smallest absolute Gasteiger partial charge is 0.467 e. The van der Waals surface area contributed by atoms with Crippen molar-refractivity contribution < 1.29 is 56.1 Å². The van der Waals surface area contributed by atoms with Crippen molar-refractivity contribution in [3.8, 4) is 46.2 Å². The summed E-state index contributed by atoms with van der Waals surface area (Å²) in [7, 11) is 1.15. The highest BCUT2D eigenvalue weighted by Crippen LogP contribution is 2.39. The second-order valence-corrected chi connectivity index (χ2v) is 15.3. The molecule has 0 bridgehead atoms. The maximum atomic E-state index is 13.4. The molecule has 0 aliphatic carbocycles. The third-order valence-corrected chi connectivity index (χ3v) is 9.86. The standard InChI is InChI=1S/C21H19ClF3N3O2.C14H13ClF3N3O.C7H8BClO3/c1-11(2)14-9-13(5-6-16(14)21(23,24)25)18-26-19(28-20(27-18)30-3)15-8-12(10-29)4-7-17(15)22;1-7(2)9-6-8(4-5-10(9)14(16,17)18)11-19-12(15)21-13(20-11)22-3;9-7-2-1-5(4-10)3-6(7)8(11)12/h4-9,11,29H,10H2,1-3H3;4-7H,1-3H3;1-3,10-12H,4H2. The number of ether oxygens (including phenoxy) is 2. The third-order valence-electron chi connectivity index (χ3n) is 9.02. The summed E-state index contributed by atoms with van der Waals surface area (Å²) in [5.41, 5.74) is 1.61. The highest BCUT2D eigenvalue weighted by Gasteiger charge is 2.35. The number of methoxy groups -OCH3 is 2. The van der Waals surface area contributed by atoms with Gasteiger partial charge in [-0.25, -0.2) is 4.98 Å². The van der Waals surface area contributed by atoms with Crippen molar-refractivity contribution in [3.05, 3.63) is 122 Å². The molecule has 0 saturated carbocycles. The normalized spacial score (nSPS) is 11.5. The largest absolute Gasteiger partial charge is 0.489 e. The number of rotatable bonds is 10. The van der Waals surface area contributed by atoms with Crippen LogP contribution in [0.1, 0.15) is 72.9 Å². The first-order valence-electron chi connectivity index (χ1n) is 18.8. The van der Waals surface area contributed by atoms with Gasteiger partial charge in [0.15, 0.2) is 17.5 Å². The predicted octanol–water partition coefficient (Wildman–Crippen LogP) is 9.36. The molecule has 6 rings (SSSR count). The summed E-state index contributed by atoms with van der Waals surface area (Å²) in [5.74, 6) is -0.176. The van der Waals surface area contributed by atoms with Crippen molar-refractivity contribution >= 4 is 47.4 Å². The van der Waals surface area contributed by atoms with Crippen LogP contribution in [0.15, 0.2) is 72.8 Å². The first kappa shape index (κ1) is 51.5. The Bertz CT molecular complexity index is 2560. The number of halogens is 9. The zero-order valence-corrected chi connectivity index (χ0v) is 37.0. The monoisotopic (exact) mass is 954 g/mol. The van der Waals surface area contributed by atoms with Crippen LogP contribution >= 0.6 is 34.8 Å². The van der Waals surface area contributed by atoms with Gasteiger partial charge in [-0.05, 0) is 88.2 Å². The van der Waals surface area contributed by atoms with Gasteiger partial charge in [0.25, 0.3) is 0 Å². The number of aliphatic hydroxyl groups is 2. The average molecular weight is 956 g/mol. The molecule has 0 amide bonds. The fourth-order valence-corrected chi connectivity index (χ4v) is 6.43. The fourth-order valence-electron chi connectivity index (χ4n) is 5.86. The van der Waals surface area contributed by atoms with Crippen LogP contribution in [0.25, 0.3) is 34.2 Å². The van der Waals surface area contributed by atoms with Crippen molar-refractivity contribution in [1.29, 1.82) is 0 Å². The molecule has 12 nitrogen and oxygen atoms in total. The van der Waals surface area contributed by atoms with Crippen molar-refractivity contribution in [2.45, 2.75) is 65.1 Å². The van der Waals surface area contributed by atoms with Crippen LogP contribution < -0.4 is 14.9 Å². The fraction of sp³-hybridized carbons (Fsp3) is 0.286. The number of nitrogens with zero attached hydrogens (tertiary/aromatic N) is 6. The quantitative estimate of drug-likeness (QED) is 0.0757. The molecule has 0 fully saturated rings. The lowest BCUT2D eigenvalue weighted by molar-refractivity contribution is -0.139. The molecule has 2 aromatic heterocycles. The van der Waals surface area contributed by atoms with Crippen LogP contribution in [0.3, 0.4) is 0 Å². The highest BCUT2D eigenvalue weighted by molar-refractivity contribution is 6.62. The Morgan fingerprint density at radius 3 is 1.44 bits per heavy atom. The molecule has 0 unspecified atom stereocenters. The third kappa shape index (κ3) is 13.4. The number of benzene rings is 4. The summed E-state index contributed by atoms with van der Waals surface area (Å²) in [6.45, 7) is 6.42. The van der Waals surface area contributed by atoms with Gasteiger partial charge in [0.2, 0.25) is 5.28 Å². The van der Waals surface area contributed by atoms with E-state index in [2.05, 4.69) is 29.9 Å². The Balaban J connectivity index is 0.000000230. The van der Waals surface area contributed by atoms with Gasteiger partial charge in [-0.15, -0.1) is 0 Å².